The van der Waals surface area contributed by atoms with E-state index in [-0.39, 0.29) is 47.7 Å². The van der Waals surface area contributed by atoms with E-state index < -0.39 is 12.1 Å². The van der Waals surface area contributed by atoms with Crippen LogP contribution < -0.4 is 26.6 Å². The van der Waals surface area contributed by atoms with E-state index in [4.69, 9.17) is 0 Å². The summed E-state index contributed by atoms with van der Waals surface area (Å²) in [4.78, 5) is 60.2. The van der Waals surface area contributed by atoms with Gasteiger partial charge in [0.15, 0.2) is 0 Å². The first-order valence-corrected chi connectivity index (χ1v) is 14.8. The average molecular weight is 552 g/mol. The lowest BCUT2D eigenvalue weighted by molar-refractivity contribution is -0.132. The third kappa shape index (κ3) is 10.3. The molecule has 0 aromatic heterocycles. The lowest BCUT2D eigenvalue weighted by Gasteiger charge is -2.25. The van der Waals surface area contributed by atoms with E-state index in [0.29, 0.717) is 50.2 Å². The van der Waals surface area contributed by atoms with E-state index in [1.54, 1.807) is 13.0 Å². The van der Waals surface area contributed by atoms with E-state index in [2.05, 4.69) is 33.2 Å². The van der Waals surface area contributed by atoms with Gasteiger partial charge in [-0.1, -0.05) is 33.3 Å². The maximum Gasteiger partial charge on any atom is 0.315 e. The maximum atomic E-state index is 12.7. The monoisotopic (exact) mass is 551 g/mol. The Hall–Kier alpha value is -2.56. The Morgan fingerprint density at radius 2 is 1.84 bits per heavy atom. The number of amides is 5. The van der Waals surface area contributed by atoms with Crippen molar-refractivity contribution in [1.82, 2.24) is 26.6 Å². The van der Waals surface area contributed by atoms with E-state index in [9.17, 15) is 24.0 Å². The number of nitrogens with one attached hydrogen (secondary N) is 5. The molecular weight excluding hydrogens is 506 g/mol. The van der Waals surface area contributed by atoms with Gasteiger partial charge >= 0.3 is 6.03 Å². The summed E-state index contributed by atoms with van der Waals surface area (Å²) in [7, 11) is 0. The molecule has 0 bridgehead atoms. The second-order valence-corrected chi connectivity index (χ2v) is 11.9. The molecule has 2 aliphatic heterocycles. The van der Waals surface area contributed by atoms with Crippen molar-refractivity contribution in [1.29, 1.82) is 0 Å². The molecular formula is C27H45N5O5S. The number of thioether (sulfide) groups is 1. The molecule has 0 radical (unpaired) electrons. The minimum Gasteiger partial charge on any atom is -0.356 e. The lowest BCUT2D eigenvalue weighted by atomic mass is 10.00. The number of fused-ring (bicyclic) bond motifs is 1. The summed E-state index contributed by atoms with van der Waals surface area (Å²) < 4.78 is 0. The Bertz CT molecular complexity index is 839. The molecule has 2 rings (SSSR count). The van der Waals surface area contributed by atoms with E-state index in [0.717, 1.165) is 25.0 Å². The highest BCUT2D eigenvalue weighted by atomic mass is 32.2. The van der Waals surface area contributed by atoms with Crippen LogP contribution in [-0.2, 0) is 19.2 Å². The molecule has 2 fully saturated rings. The number of carbonyl (C=O) groups is 5. The normalized spacial score (nSPS) is 22.4. The van der Waals surface area contributed by atoms with Crippen molar-refractivity contribution in [3.05, 3.63) is 12.7 Å². The molecule has 11 heteroatoms. The maximum absolute atomic E-state index is 12.7. The van der Waals surface area contributed by atoms with Crippen LogP contribution in [0, 0.1) is 11.8 Å². The Morgan fingerprint density at radius 3 is 2.53 bits per heavy atom. The van der Waals surface area contributed by atoms with Crippen molar-refractivity contribution >= 4 is 41.8 Å². The summed E-state index contributed by atoms with van der Waals surface area (Å²) in [6, 6.07) is -1.03. The fraction of sp³-hybridized carbons (Fsp3) is 0.741. The molecule has 0 spiro atoms. The Morgan fingerprint density at radius 1 is 1.08 bits per heavy atom. The number of aldehydes is 1. The van der Waals surface area contributed by atoms with Crippen molar-refractivity contribution in [2.45, 2.75) is 102 Å². The summed E-state index contributed by atoms with van der Waals surface area (Å²) in [5, 5.41) is 14.8. The second kappa shape index (κ2) is 16.4. The standard InChI is InChI=1S/C27H45N5O5S/c1-5-10-18(4)25(35)31-23(17(2)3)26(36)29-19(15-33)11-8-9-14-28-22(34)13-7-6-12-21-24-20(16-38-21)30-27(37)32-24/h5,15,17-21,23-24H,1,6-14,16H2,2-4H3,(H,28,34)(H,29,36)(H,31,35)(H2,30,32,37)/t18?,19-,20-,21-,23-,24-/m0/s1. The molecule has 0 aromatic carbocycles. The lowest BCUT2D eigenvalue weighted by Crippen LogP contribution is -2.53. The van der Waals surface area contributed by atoms with E-state index in [1.165, 1.54) is 0 Å². The Labute approximate surface area is 230 Å². The molecule has 2 aliphatic rings. The SMILES string of the molecule is C=CCC(C)C(=O)N[C@H](C(=O)N[C@H](C=O)CCCCNC(=O)CCCC[C@@H]1SC[C@@H]2NC(=O)N[C@@H]21)C(C)C. The van der Waals surface area contributed by atoms with Gasteiger partial charge in [0.05, 0.1) is 18.1 Å². The molecule has 10 nitrogen and oxygen atoms in total. The summed E-state index contributed by atoms with van der Waals surface area (Å²) >= 11 is 1.88. The van der Waals surface area contributed by atoms with E-state index >= 15 is 0 Å². The van der Waals surface area contributed by atoms with Gasteiger partial charge in [0.25, 0.3) is 0 Å². The highest BCUT2D eigenvalue weighted by molar-refractivity contribution is 8.00. The predicted molar refractivity (Wildman–Crippen MR) is 150 cm³/mol. The molecule has 38 heavy (non-hydrogen) atoms. The third-order valence-electron chi connectivity index (χ3n) is 7.05. The number of allylic oxidation sites excluding steroid dienone is 1. The first-order chi connectivity index (χ1) is 18.2. The van der Waals surface area contributed by atoms with Gasteiger partial charge in [-0.25, -0.2) is 4.79 Å². The number of unbranched alkanes of at least 4 members (excludes halogenated alkanes) is 2. The van der Waals surface area contributed by atoms with Gasteiger partial charge in [0, 0.05) is 29.9 Å². The van der Waals surface area contributed by atoms with Crippen LogP contribution in [0.25, 0.3) is 0 Å². The summed E-state index contributed by atoms with van der Waals surface area (Å²) in [5.74, 6) is -0.0593. The van der Waals surface area contributed by atoms with Gasteiger partial charge in [-0.3, -0.25) is 14.4 Å². The molecule has 2 saturated heterocycles. The van der Waals surface area contributed by atoms with Crippen molar-refractivity contribution in [2.75, 3.05) is 12.3 Å². The Kier molecular flexibility index (Phi) is 13.7. The summed E-state index contributed by atoms with van der Waals surface area (Å²) in [6.07, 6.45) is 7.93. The zero-order valence-electron chi connectivity index (χ0n) is 22.9. The van der Waals surface area contributed by atoms with Crippen LogP contribution in [0.3, 0.4) is 0 Å². The zero-order valence-corrected chi connectivity index (χ0v) is 23.7. The number of hydrogen-bond acceptors (Lipinski definition) is 6. The highest BCUT2D eigenvalue weighted by Crippen LogP contribution is 2.33. The van der Waals surface area contributed by atoms with Crippen molar-refractivity contribution in [3.63, 3.8) is 0 Å². The van der Waals surface area contributed by atoms with Crippen LogP contribution in [0.1, 0.15) is 72.1 Å². The molecule has 2 heterocycles. The minimum absolute atomic E-state index is 0.0132. The van der Waals surface area contributed by atoms with Gasteiger partial charge in [0.1, 0.15) is 12.3 Å². The van der Waals surface area contributed by atoms with Gasteiger partial charge < -0.3 is 31.4 Å². The molecule has 0 saturated carbocycles. The van der Waals surface area contributed by atoms with Gasteiger partial charge in [-0.05, 0) is 44.4 Å². The first kappa shape index (κ1) is 31.7. The number of carbonyl (C=O) groups excluding carboxylic acids is 5. The van der Waals surface area contributed by atoms with Crippen LogP contribution in [0.4, 0.5) is 4.79 Å². The fourth-order valence-corrected chi connectivity index (χ4v) is 6.26. The summed E-state index contributed by atoms with van der Waals surface area (Å²) in [6.45, 7) is 9.62. The summed E-state index contributed by atoms with van der Waals surface area (Å²) in [5.41, 5.74) is 0. The van der Waals surface area contributed by atoms with Crippen molar-refractivity contribution in [2.24, 2.45) is 11.8 Å². The number of hydrogen-bond donors (Lipinski definition) is 5. The van der Waals surface area contributed by atoms with Gasteiger partial charge in [0.2, 0.25) is 17.7 Å². The Balaban J connectivity index is 1.58. The minimum atomic E-state index is -0.723. The highest BCUT2D eigenvalue weighted by Gasteiger charge is 2.42. The zero-order chi connectivity index (χ0) is 28.1. The van der Waals surface area contributed by atoms with Crippen LogP contribution in [0.2, 0.25) is 0 Å². The van der Waals surface area contributed by atoms with Gasteiger partial charge in [-0.15, -0.1) is 6.58 Å². The smallest absolute Gasteiger partial charge is 0.315 e. The van der Waals surface area contributed by atoms with Crippen molar-refractivity contribution in [3.8, 4) is 0 Å². The molecule has 5 N–H and O–H groups in total. The largest absolute Gasteiger partial charge is 0.356 e. The predicted octanol–water partition coefficient (Wildman–Crippen LogP) is 2.04. The number of rotatable bonds is 18. The molecule has 0 aromatic rings. The second-order valence-electron chi connectivity index (χ2n) is 10.6. The van der Waals surface area contributed by atoms with Crippen molar-refractivity contribution < 1.29 is 24.0 Å². The quantitative estimate of drug-likeness (QED) is 0.0763. The van der Waals surface area contributed by atoms with Crippen LogP contribution in [-0.4, -0.2) is 71.8 Å². The van der Waals surface area contributed by atoms with Crippen LogP contribution in [0.5, 0.6) is 0 Å². The fourth-order valence-electron chi connectivity index (χ4n) is 4.71. The van der Waals surface area contributed by atoms with E-state index in [1.807, 2.05) is 25.6 Å². The number of urea groups is 1. The molecule has 214 valence electrons. The van der Waals surface area contributed by atoms with Crippen LogP contribution >= 0.6 is 11.8 Å². The van der Waals surface area contributed by atoms with Crippen LogP contribution in [0.15, 0.2) is 12.7 Å². The first-order valence-electron chi connectivity index (χ1n) is 13.8. The molecule has 1 unspecified atom stereocenters. The molecule has 5 amide bonds. The van der Waals surface area contributed by atoms with Gasteiger partial charge in [-0.2, -0.15) is 11.8 Å². The molecule has 0 aliphatic carbocycles. The topological polar surface area (TPSA) is 146 Å². The third-order valence-corrected chi connectivity index (χ3v) is 8.56. The average Bonchev–Trinajstić information content (AvgIpc) is 3.42. The molecule has 6 atom stereocenters.